The molecular weight excluding hydrogens is 346 g/mol. The smallest absolute Gasteiger partial charge is 0.408 e. The van der Waals surface area contributed by atoms with E-state index < -0.39 is 33.2 Å². The lowest BCUT2D eigenvalue weighted by Gasteiger charge is -2.23. The predicted molar refractivity (Wildman–Crippen MR) is 99.3 cm³/mol. The van der Waals surface area contributed by atoms with E-state index in [1.54, 1.807) is 20.8 Å². The summed E-state index contributed by atoms with van der Waals surface area (Å²) < 4.78 is 21.9. The lowest BCUT2D eigenvalue weighted by Crippen LogP contribution is -2.44. The second kappa shape index (κ2) is 9.79. The van der Waals surface area contributed by atoms with E-state index in [4.69, 9.17) is 9.47 Å². The van der Waals surface area contributed by atoms with E-state index in [-0.39, 0.29) is 31.1 Å². The molecule has 7 nitrogen and oxygen atoms in total. The van der Waals surface area contributed by atoms with Crippen molar-refractivity contribution < 1.29 is 28.1 Å². The number of ketones is 1. The third-order valence-corrected chi connectivity index (χ3v) is 3.46. The number of amides is 1. The molecule has 0 saturated carbocycles. The second-order valence-electron chi connectivity index (χ2n) is 7.65. The molecule has 0 spiro atoms. The average molecular weight is 378 g/mol. The van der Waals surface area contributed by atoms with E-state index in [1.165, 1.54) is 12.5 Å². The van der Waals surface area contributed by atoms with Crippen molar-refractivity contribution in [1.82, 2.24) is 5.32 Å². The highest BCUT2D eigenvalue weighted by Crippen LogP contribution is 2.09. The van der Waals surface area contributed by atoms with Gasteiger partial charge in [0, 0.05) is 24.3 Å². The number of esters is 1. The Balaban J connectivity index is 4.95. The molecule has 0 rings (SSSR count). The van der Waals surface area contributed by atoms with Crippen molar-refractivity contribution >= 4 is 32.7 Å². The first-order valence-corrected chi connectivity index (χ1v) is 10.6. The molecule has 1 amide bonds. The molecular formula is C17H31NO6S. The van der Waals surface area contributed by atoms with Crippen LogP contribution in [0.1, 0.15) is 47.5 Å². The number of rotatable bonds is 8. The van der Waals surface area contributed by atoms with Gasteiger partial charge in [0.05, 0.1) is 6.61 Å². The van der Waals surface area contributed by atoms with E-state index in [9.17, 15) is 18.6 Å². The number of carbonyl (C=O) groups excluding carboxylic acids is 3. The Hall–Kier alpha value is -1.57. The lowest BCUT2D eigenvalue weighted by atomic mass is 10.1. The van der Waals surface area contributed by atoms with Gasteiger partial charge in [-0.05, 0) is 42.6 Å². The summed E-state index contributed by atoms with van der Waals surface area (Å²) in [5.41, 5.74) is -0.712. The van der Waals surface area contributed by atoms with Crippen LogP contribution in [0.4, 0.5) is 4.79 Å². The van der Waals surface area contributed by atoms with Crippen molar-refractivity contribution in [3.05, 3.63) is 0 Å². The van der Waals surface area contributed by atoms with Crippen molar-refractivity contribution in [1.29, 1.82) is 0 Å². The molecule has 0 bridgehead atoms. The average Bonchev–Trinajstić information content (AvgIpc) is 2.36. The highest BCUT2D eigenvalue weighted by molar-refractivity contribution is 8.01. The molecule has 25 heavy (non-hydrogen) atoms. The molecule has 146 valence electrons. The fourth-order valence-electron chi connectivity index (χ4n) is 1.71. The Labute approximate surface area is 150 Å². The van der Waals surface area contributed by atoms with Gasteiger partial charge < -0.3 is 14.8 Å². The van der Waals surface area contributed by atoms with Gasteiger partial charge in [-0.2, -0.15) is 0 Å². The van der Waals surface area contributed by atoms with Crippen LogP contribution in [0.5, 0.6) is 0 Å². The van der Waals surface area contributed by atoms with Crippen LogP contribution in [-0.2, 0) is 28.6 Å². The Kier molecular flexibility index (Phi) is 9.18. The van der Waals surface area contributed by atoms with Crippen molar-refractivity contribution in [3.8, 4) is 0 Å². The number of nitrogens with one attached hydrogen (secondary N) is 1. The van der Waals surface area contributed by atoms with Crippen molar-refractivity contribution in [2.24, 2.45) is 5.92 Å². The first kappa shape index (κ1) is 23.4. The Morgan fingerprint density at radius 1 is 1.16 bits per heavy atom. The topological polar surface area (TPSA) is 98.8 Å². The van der Waals surface area contributed by atoms with Crippen LogP contribution in [0, 0.1) is 5.92 Å². The number of hydrogen-bond donors (Lipinski definition) is 1. The van der Waals surface area contributed by atoms with E-state index in [2.05, 4.69) is 5.32 Å². The van der Waals surface area contributed by atoms with Gasteiger partial charge in [0.15, 0.2) is 5.78 Å². The van der Waals surface area contributed by atoms with Crippen LogP contribution in [0.15, 0.2) is 0 Å². The molecule has 0 aliphatic carbocycles. The molecule has 0 radical (unpaired) electrons. The fraction of sp³-hybridized carbons (Fsp3) is 0.765. The first-order chi connectivity index (χ1) is 11.2. The van der Waals surface area contributed by atoms with Crippen LogP contribution < -0.4 is 5.32 Å². The van der Waals surface area contributed by atoms with Gasteiger partial charge in [-0.15, -0.1) is 0 Å². The molecule has 1 N–H and O–H groups in total. The van der Waals surface area contributed by atoms with Gasteiger partial charge in [-0.1, -0.05) is 13.8 Å². The molecule has 1 atom stereocenters. The largest absolute Gasteiger partial charge is 0.464 e. The molecule has 0 fully saturated rings. The van der Waals surface area contributed by atoms with Gasteiger partial charge >= 0.3 is 12.1 Å². The first-order valence-electron chi connectivity index (χ1n) is 8.17. The number of carbonyl (C=O) groups is 3. The standard InChI is InChI=1S/C17H31NO6S/c1-12(2)10-23-15(20)14(18-16(21)24-17(3,4)5)9-8-13(19)11-25(6,7)22/h11-12,14H,8-10H2,1-7H3,(H,18,21)/t14-/m0/s1. The molecule has 0 aromatic heterocycles. The minimum atomic E-state index is -2.31. The minimum absolute atomic E-state index is 0.0318. The number of alkyl carbamates (subject to hydrolysis) is 1. The molecule has 0 saturated heterocycles. The summed E-state index contributed by atoms with van der Waals surface area (Å²) in [5.74, 6) is -0.824. The zero-order valence-electron chi connectivity index (χ0n) is 16.2. The number of hydrogen-bond acceptors (Lipinski definition) is 6. The summed E-state index contributed by atoms with van der Waals surface area (Å²) >= 11 is 0. The summed E-state index contributed by atoms with van der Waals surface area (Å²) in [5, 5.41) is 3.59. The summed E-state index contributed by atoms with van der Waals surface area (Å²) in [6.07, 6.45) is 2.16. The van der Waals surface area contributed by atoms with Crippen LogP contribution >= 0.6 is 0 Å². The zero-order valence-corrected chi connectivity index (χ0v) is 17.0. The van der Waals surface area contributed by atoms with Gasteiger partial charge in [0.1, 0.15) is 11.6 Å². The second-order valence-corrected chi connectivity index (χ2v) is 10.5. The SMILES string of the molecule is CC(C)COC(=O)[C@H](CCC(=O)C=S(C)(C)=O)NC(=O)OC(C)(C)C. The van der Waals surface area contributed by atoms with E-state index >= 15 is 0 Å². The number of ether oxygens (including phenoxy) is 2. The van der Waals surface area contributed by atoms with Crippen molar-refractivity contribution in [2.45, 2.75) is 59.1 Å². The van der Waals surface area contributed by atoms with Gasteiger partial charge in [0.25, 0.3) is 0 Å². The molecule has 0 aromatic carbocycles. The third-order valence-electron chi connectivity index (χ3n) is 2.63. The van der Waals surface area contributed by atoms with Gasteiger partial charge in [-0.3, -0.25) is 9.00 Å². The Morgan fingerprint density at radius 2 is 1.72 bits per heavy atom. The summed E-state index contributed by atoms with van der Waals surface area (Å²) in [6.45, 7) is 9.11. The molecule has 0 aliphatic rings. The fourth-order valence-corrected chi connectivity index (χ4v) is 2.46. The highest BCUT2D eigenvalue weighted by atomic mass is 32.2. The summed E-state index contributed by atoms with van der Waals surface area (Å²) in [4.78, 5) is 35.9. The Morgan fingerprint density at radius 3 is 2.16 bits per heavy atom. The van der Waals surface area contributed by atoms with Gasteiger partial charge in [0.2, 0.25) is 0 Å². The van der Waals surface area contributed by atoms with Gasteiger partial charge in [-0.25, -0.2) is 9.59 Å². The summed E-state index contributed by atoms with van der Waals surface area (Å²) in [6, 6.07) is -1.00. The predicted octanol–water partition coefficient (Wildman–Crippen LogP) is 1.77. The maximum atomic E-state index is 12.2. The molecule has 0 aliphatic heterocycles. The van der Waals surface area contributed by atoms with E-state index in [0.29, 0.717) is 0 Å². The maximum Gasteiger partial charge on any atom is 0.408 e. The van der Waals surface area contributed by atoms with Crippen LogP contribution in [0.2, 0.25) is 0 Å². The number of Topliss-reactive ketones (excluding diaryl/α,β-unsaturated/α-hetero) is 1. The lowest BCUT2D eigenvalue weighted by molar-refractivity contribution is -0.147. The zero-order chi connectivity index (χ0) is 19.8. The normalized spacial score (nSPS) is 13.1. The summed E-state index contributed by atoms with van der Waals surface area (Å²) in [7, 11) is -2.31. The maximum absolute atomic E-state index is 12.2. The quantitative estimate of drug-likeness (QED) is 0.511. The minimum Gasteiger partial charge on any atom is -0.464 e. The van der Waals surface area contributed by atoms with Crippen molar-refractivity contribution in [2.75, 3.05) is 19.1 Å². The van der Waals surface area contributed by atoms with E-state index in [0.717, 1.165) is 5.37 Å². The van der Waals surface area contributed by atoms with Crippen LogP contribution in [0.3, 0.4) is 0 Å². The van der Waals surface area contributed by atoms with Crippen molar-refractivity contribution in [3.63, 3.8) is 0 Å². The molecule has 0 aromatic rings. The van der Waals surface area contributed by atoms with Crippen LogP contribution in [0.25, 0.3) is 0 Å². The van der Waals surface area contributed by atoms with Crippen LogP contribution in [-0.4, -0.2) is 58.2 Å². The highest BCUT2D eigenvalue weighted by Gasteiger charge is 2.26. The monoisotopic (exact) mass is 377 g/mol. The molecule has 8 heteroatoms. The third kappa shape index (κ3) is 13.4. The Bertz CT molecular complexity index is 589. The molecule has 0 heterocycles. The molecule has 0 unspecified atom stereocenters. The van der Waals surface area contributed by atoms with E-state index in [1.807, 2.05) is 13.8 Å².